The highest BCUT2D eigenvalue weighted by Crippen LogP contribution is 2.34. The summed E-state index contributed by atoms with van der Waals surface area (Å²) >= 11 is 6.00. The lowest BCUT2D eigenvalue weighted by Gasteiger charge is -2.14. The first-order chi connectivity index (χ1) is 9.55. The lowest BCUT2D eigenvalue weighted by molar-refractivity contribution is 0.372. The molecule has 0 aliphatic rings. The minimum Gasteiger partial charge on any atom is -0.493 e. The number of aromatic nitrogens is 1. The van der Waals surface area contributed by atoms with Crippen molar-refractivity contribution in [2.24, 2.45) is 0 Å². The molecule has 0 fully saturated rings. The fraction of sp³-hybridized carbons (Fsp3) is 0.312. The van der Waals surface area contributed by atoms with Crippen LogP contribution in [0.1, 0.15) is 22.4 Å². The van der Waals surface area contributed by atoms with Crippen LogP contribution in [0.15, 0.2) is 24.3 Å². The van der Waals surface area contributed by atoms with Crippen LogP contribution in [-0.2, 0) is 5.88 Å². The van der Waals surface area contributed by atoms with E-state index in [9.17, 15) is 0 Å². The Bertz CT molecular complexity index is 626. The maximum Gasteiger partial charge on any atom is 0.224 e. The number of pyridine rings is 1. The van der Waals surface area contributed by atoms with Gasteiger partial charge in [-0.1, -0.05) is 6.07 Å². The molecule has 0 saturated carbocycles. The summed E-state index contributed by atoms with van der Waals surface area (Å²) in [5.74, 6) is 2.23. The first kappa shape index (κ1) is 14.7. The molecule has 0 N–H and O–H groups in total. The van der Waals surface area contributed by atoms with Crippen molar-refractivity contribution in [3.8, 4) is 17.4 Å². The second-order valence-electron chi connectivity index (χ2n) is 4.75. The number of aryl methyl sites for hydroxylation is 3. The molecule has 0 saturated heterocycles. The van der Waals surface area contributed by atoms with Crippen molar-refractivity contribution in [3.63, 3.8) is 0 Å². The highest BCUT2D eigenvalue weighted by molar-refractivity contribution is 6.17. The Balaban J connectivity index is 2.44. The third-order valence-corrected chi connectivity index (χ3v) is 3.36. The summed E-state index contributed by atoms with van der Waals surface area (Å²) in [6, 6.07) is 7.78. The molecule has 4 heteroatoms. The molecule has 0 aliphatic heterocycles. The minimum atomic E-state index is 0.364. The van der Waals surface area contributed by atoms with E-state index in [0.717, 1.165) is 22.4 Å². The number of benzene rings is 1. The van der Waals surface area contributed by atoms with E-state index in [0.29, 0.717) is 23.3 Å². The normalized spacial score (nSPS) is 10.4. The zero-order valence-electron chi connectivity index (χ0n) is 12.2. The number of rotatable bonds is 4. The third kappa shape index (κ3) is 3.05. The molecule has 1 aromatic carbocycles. The molecule has 0 bridgehead atoms. The quantitative estimate of drug-likeness (QED) is 0.775. The summed E-state index contributed by atoms with van der Waals surface area (Å²) in [5, 5.41) is 0. The molecular weight excluding hydrogens is 274 g/mol. The number of methoxy groups -OCH3 is 1. The standard InChI is InChI=1S/C16H18ClNO2/c1-10-5-6-14(15(7-10)19-4)20-16-13(9-17)11(2)8-12(3)18-16/h5-8H,9H2,1-4H3. The van der Waals surface area contributed by atoms with Crippen molar-refractivity contribution in [1.29, 1.82) is 0 Å². The Morgan fingerprint density at radius 3 is 2.50 bits per heavy atom. The van der Waals surface area contributed by atoms with Gasteiger partial charge in [-0.25, -0.2) is 4.98 Å². The summed E-state index contributed by atoms with van der Waals surface area (Å²) in [6.07, 6.45) is 0. The molecule has 1 aromatic heterocycles. The van der Waals surface area contributed by atoms with Gasteiger partial charge in [-0.15, -0.1) is 11.6 Å². The highest BCUT2D eigenvalue weighted by atomic mass is 35.5. The van der Waals surface area contributed by atoms with Gasteiger partial charge < -0.3 is 9.47 Å². The van der Waals surface area contributed by atoms with Crippen molar-refractivity contribution in [2.75, 3.05) is 7.11 Å². The predicted molar refractivity (Wildman–Crippen MR) is 81.1 cm³/mol. The second kappa shape index (κ2) is 6.14. The van der Waals surface area contributed by atoms with Crippen LogP contribution in [0, 0.1) is 20.8 Å². The number of ether oxygens (including phenoxy) is 2. The molecule has 106 valence electrons. The van der Waals surface area contributed by atoms with E-state index < -0.39 is 0 Å². The molecule has 0 radical (unpaired) electrons. The minimum absolute atomic E-state index is 0.364. The molecule has 2 aromatic rings. The van der Waals surface area contributed by atoms with Crippen molar-refractivity contribution in [1.82, 2.24) is 4.98 Å². The molecule has 1 heterocycles. The number of alkyl halides is 1. The van der Waals surface area contributed by atoms with Gasteiger partial charge in [0.1, 0.15) is 0 Å². The van der Waals surface area contributed by atoms with Crippen LogP contribution < -0.4 is 9.47 Å². The maximum absolute atomic E-state index is 6.00. The van der Waals surface area contributed by atoms with Crippen LogP contribution in [0.4, 0.5) is 0 Å². The summed E-state index contributed by atoms with van der Waals surface area (Å²) in [6.45, 7) is 5.95. The van der Waals surface area contributed by atoms with Crippen LogP contribution >= 0.6 is 11.6 Å². The Kier molecular flexibility index (Phi) is 4.50. The van der Waals surface area contributed by atoms with Gasteiger partial charge in [-0.05, 0) is 50.1 Å². The maximum atomic E-state index is 6.00. The zero-order chi connectivity index (χ0) is 14.7. The Morgan fingerprint density at radius 1 is 1.10 bits per heavy atom. The molecule has 20 heavy (non-hydrogen) atoms. The smallest absolute Gasteiger partial charge is 0.224 e. The number of nitrogens with zero attached hydrogens (tertiary/aromatic N) is 1. The molecule has 0 amide bonds. The average molecular weight is 292 g/mol. The summed E-state index contributed by atoms with van der Waals surface area (Å²) < 4.78 is 11.3. The van der Waals surface area contributed by atoms with E-state index in [1.54, 1.807) is 7.11 Å². The fourth-order valence-corrected chi connectivity index (χ4v) is 2.36. The van der Waals surface area contributed by atoms with E-state index in [4.69, 9.17) is 21.1 Å². The predicted octanol–water partition coefficient (Wildman–Crippen LogP) is 4.55. The summed E-state index contributed by atoms with van der Waals surface area (Å²) in [4.78, 5) is 4.44. The number of hydrogen-bond acceptors (Lipinski definition) is 3. The van der Waals surface area contributed by atoms with Crippen LogP contribution in [0.25, 0.3) is 0 Å². The summed E-state index contributed by atoms with van der Waals surface area (Å²) in [7, 11) is 1.62. The van der Waals surface area contributed by atoms with Crippen molar-refractivity contribution in [2.45, 2.75) is 26.7 Å². The molecule has 0 spiro atoms. The van der Waals surface area contributed by atoms with E-state index in [1.165, 1.54) is 0 Å². The molecular formula is C16H18ClNO2. The fourth-order valence-electron chi connectivity index (χ4n) is 2.04. The van der Waals surface area contributed by atoms with Crippen LogP contribution in [-0.4, -0.2) is 12.1 Å². The van der Waals surface area contributed by atoms with Gasteiger partial charge in [0.05, 0.1) is 13.0 Å². The SMILES string of the molecule is COc1cc(C)ccc1Oc1nc(C)cc(C)c1CCl. The van der Waals surface area contributed by atoms with Gasteiger partial charge in [0.15, 0.2) is 11.5 Å². The van der Waals surface area contributed by atoms with Gasteiger partial charge in [0.2, 0.25) is 5.88 Å². The van der Waals surface area contributed by atoms with Gasteiger partial charge in [-0.3, -0.25) is 0 Å². The zero-order valence-corrected chi connectivity index (χ0v) is 12.9. The first-order valence-electron chi connectivity index (χ1n) is 6.40. The largest absolute Gasteiger partial charge is 0.493 e. The van der Waals surface area contributed by atoms with E-state index in [-0.39, 0.29) is 0 Å². The second-order valence-corrected chi connectivity index (χ2v) is 5.02. The molecule has 0 unspecified atom stereocenters. The van der Waals surface area contributed by atoms with Crippen LogP contribution in [0.2, 0.25) is 0 Å². The Hall–Kier alpha value is -1.74. The first-order valence-corrected chi connectivity index (χ1v) is 6.94. The topological polar surface area (TPSA) is 31.4 Å². The Morgan fingerprint density at radius 2 is 1.85 bits per heavy atom. The molecule has 2 rings (SSSR count). The number of hydrogen-bond donors (Lipinski definition) is 0. The lowest BCUT2D eigenvalue weighted by atomic mass is 10.1. The van der Waals surface area contributed by atoms with Gasteiger partial charge >= 0.3 is 0 Å². The molecule has 0 atom stereocenters. The number of halogens is 1. The van der Waals surface area contributed by atoms with Crippen LogP contribution in [0.5, 0.6) is 17.4 Å². The molecule has 3 nitrogen and oxygen atoms in total. The van der Waals surface area contributed by atoms with Crippen molar-refractivity contribution >= 4 is 11.6 Å². The average Bonchev–Trinajstić information content (AvgIpc) is 2.40. The van der Waals surface area contributed by atoms with Crippen LogP contribution in [0.3, 0.4) is 0 Å². The van der Waals surface area contributed by atoms with Gasteiger partial charge in [0, 0.05) is 11.3 Å². The van der Waals surface area contributed by atoms with Crippen molar-refractivity contribution in [3.05, 3.63) is 46.6 Å². The third-order valence-electron chi connectivity index (χ3n) is 3.10. The monoisotopic (exact) mass is 291 g/mol. The van der Waals surface area contributed by atoms with Crippen molar-refractivity contribution < 1.29 is 9.47 Å². The Labute approximate surface area is 124 Å². The highest BCUT2D eigenvalue weighted by Gasteiger charge is 2.13. The van der Waals surface area contributed by atoms with E-state index >= 15 is 0 Å². The molecule has 0 aliphatic carbocycles. The van der Waals surface area contributed by atoms with E-state index in [1.807, 2.05) is 45.0 Å². The van der Waals surface area contributed by atoms with E-state index in [2.05, 4.69) is 4.98 Å². The summed E-state index contributed by atoms with van der Waals surface area (Å²) in [5.41, 5.74) is 3.99. The lowest BCUT2D eigenvalue weighted by Crippen LogP contribution is -1.99. The van der Waals surface area contributed by atoms with Gasteiger partial charge in [0.25, 0.3) is 0 Å². The van der Waals surface area contributed by atoms with Gasteiger partial charge in [-0.2, -0.15) is 0 Å².